The van der Waals surface area contributed by atoms with Crippen molar-refractivity contribution in [2.45, 2.75) is 12.2 Å². The highest BCUT2D eigenvalue weighted by Gasteiger charge is 2.06. The molecule has 0 saturated heterocycles. The first-order valence-corrected chi connectivity index (χ1v) is 5.83. The van der Waals surface area contributed by atoms with E-state index in [1.54, 1.807) is 12.1 Å². The van der Waals surface area contributed by atoms with Gasteiger partial charge in [-0.1, -0.05) is 24.3 Å². The number of hydrogen-bond donors (Lipinski definition) is 2. The second-order valence-corrected chi connectivity index (χ2v) is 4.21. The second kappa shape index (κ2) is 6.17. The van der Waals surface area contributed by atoms with E-state index in [4.69, 9.17) is 10.2 Å². The topological polar surface area (TPSA) is 74.6 Å². The third-order valence-corrected chi connectivity index (χ3v) is 2.91. The molecule has 1 aromatic carbocycles. The molecule has 0 aliphatic carbocycles. The summed E-state index contributed by atoms with van der Waals surface area (Å²) in [7, 11) is 0. The number of hydrogen-bond acceptors (Lipinski definition) is 3. The lowest BCUT2D eigenvalue weighted by Gasteiger charge is -2.06. The van der Waals surface area contributed by atoms with Crippen LogP contribution in [0.2, 0.25) is 0 Å². The second-order valence-electron chi connectivity index (χ2n) is 3.23. The van der Waals surface area contributed by atoms with Crippen LogP contribution in [-0.4, -0.2) is 27.9 Å². The lowest BCUT2D eigenvalue weighted by molar-refractivity contribution is -0.136. The average molecular weight is 240 g/mol. The zero-order valence-corrected chi connectivity index (χ0v) is 9.37. The number of rotatable bonds is 6. The van der Waals surface area contributed by atoms with E-state index < -0.39 is 11.9 Å². The van der Waals surface area contributed by atoms with Crippen LogP contribution in [0.3, 0.4) is 0 Å². The summed E-state index contributed by atoms with van der Waals surface area (Å²) in [5.41, 5.74) is 1.63. The molecule has 0 amide bonds. The van der Waals surface area contributed by atoms with Crippen LogP contribution in [0.4, 0.5) is 0 Å². The Morgan fingerprint density at radius 2 is 1.69 bits per heavy atom. The van der Waals surface area contributed by atoms with Crippen molar-refractivity contribution in [3.8, 4) is 0 Å². The molecule has 0 heterocycles. The molecule has 1 aromatic rings. The Bertz CT molecular complexity index is 389. The minimum absolute atomic E-state index is 0.0240. The summed E-state index contributed by atoms with van der Waals surface area (Å²) in [5, 5.41) is 17.2. The van der Waals surface area contributed by atoms with Crippen LogP contribution in [0.5, 0.6) is 0 Å². The van der Waals surface area contributed by atoms with Gasteiger partial charge in [0.25, 0.3) is 0 Å². The standard InChI is InChI=1S/C11H12O4S/c12-10(13)5-8-3-1-2-4-9(8)6-16-7-11(14)15/h1-4H,5-7H2,(H,12,13)(H,14,15). The molecule has 0 fully saturated rings. The van der Waals surface area contributed by atoms with Crippen molar-refractivity contribution in [1.29, 1.82) is 0 Å². The summed E-state index contributed by atoms with van der Waals surface area (Å²) in [6.07, 6.45) is -0.0240. The third-order valence-electron chi connectivity index (χ3n) is 1.94. The Labute approximate surface area is 97.3 Å². The maximum absolute atomic E-state index is 10.6. The molecule has 0 radical (unpaired) electrons. The molecule has 0 aliphatic rings. The minimum Gasteiger partial charge on any atom is -0.481 e. The highest BCUT2D eigenvalue weighted by molar-refractivity contribution is 7.99. The summed E-state index contributed by atoms with van der Waals surface area (Å²) in [4.78, 5) is 20.9. The van der Waals surface area contributed by atoms with E-state index in [-0.39, 0.29) is 12.2 Å². The van der Waals surface area contributed by atoms with Gasteiger partial charge in [-0.05, 0) is 11.1 Å². The molecular formula is C11H12O4S. The van der Waals surface area contributed by atoms with E-state index in [1.807, 2.05) is 12.1 Å². The van der Waals surface area contributed by atoms with Crippen LogP contribution in [-0.2, 0) is 21.8 Å². The molecular weight excluding hydrogens is 228 g/mol. The predicted molar refractivity (Wildman–Crippen MR) is 61.6 cm³/mol. The molecule has 4 nitrogen and oxygen atoms in total. The Morgan fingerprint density at radius 3 is 2.25 bits per heavy atom. The molecule has 2 N–H and O–H groups in total. The van der Waals surface area contributed by atoms with Crippen LogP contribution >= 0.6 is 11.8 Å². The molecule has 0 bridgehead atoms. The Morgan fingerprint density at radius 1 is 1.06 bits per heavy atom. The molecule has 86 valence electrons. The zero-order valence-electron chi connectivity index (χ0n) is 8.55. The van der Waals surface area contributed by atoms with Gasteiger partial charge in [-0.3, -0.25) is 9.59 Å². The first-order valence-electron chi connectivity index (χ1n) is 4.67. The smallest absolute Gasteiger partial charge is 0.313 e. The maximum atomic E-state index is 10.6. The quantitative estimate of drug-likeness (QED) is 0.790. The molecule has 0 atom stereocenters. The summed E-state index contributed by atoms with van der Waals surface area (Å²) >= 11 is 1.26. The fourth-order valence-corrected chi connectivity index (χ4v) is 2.06. The molecule has 5 heteroatoms. The van der Waals surface area contributed by atoms with E-state index in [2.05, 4.69) is 0 Å². The monoisotopic (exact) mass is 240 g/mol. The number of carboxylic acids is 2. The van der Waals surface area contributed by atoms with E-state index >= 15 is 0 Å². The predicted octanol–water partition coefficient (Wildman–Crippen LogP) is 1.63. The number of benzene rings is 1. The van der Waals surface area contributed by atoms with Crippen molar-refractivity contribution < 1.29 is 19.8 Å². The maximum Gasteiger partial charge on any atom is 0.313 e. The fraction of sp³-hybridized carbons (Fsp3) is 0.273. The molecule has 0 aromatic heterocycles. The molecule has 16 heavy (non-hydrogen) atoms. The molecule has 0 saturated carbocycles. The Hall–Kier alpha value is -1.49. The first kappa shape index (κ1) is 12.6. The van der Waals surface area contributed by atoms with Gasteiger partial charge in [0.1, 0.15) is 0 Å². The minimum atomic E-state index is -0.879. The zero-order chi connectivity index (χ0) is 12.0. The van der Waals surface area contributed by atoms with Gasteiger partial charge in [-0.2, -0.15) is 0 Å². The summed E-state index contributed by atoms with van der Waals surface area (Å²) in [6.45, 7) is 0. The number of carboxylic acid groups (broad SMARTS) is 2. The lowest BCUT2D eigenvalue weighted by Crippen LogP contribution is -2.04. The van der Waals surface area contributed by atoms with Gasteiger partial charge in [0.05, 0.1) is 12.2 Å². The highest BCUT2D eigenvalue weighted by Crippen LogP contribution is 2.17. The van der Waals surface area contributed by atoms with E-state index in [0.29, 0.717) is 5.75 Å². The number of thioether (sulfide) groups is 1. The molecule has 0 unspecified atom stereocenters. The fourth-order valence-electron chi connectivity index (χ4n) is 1.28. The summed E-state index contributed by atoms with van der Waals surface area (Å²) < 4.78 is 0. The lowest BCUT2D eigenvalue weighted by atomic mass is 10.1. The molecule has 0 aliphatic heterocycles. The van der Waals surface area contributed by atoms with E-state index in [1.165, 1.54) is 11.8 Å². The van der Waals surface area contributed by atoms with Gasteiger partial charge in [0.15, 0.2) is 0 Å². The van der Waals surface area contributed by atoms with Crippen molar-refractivity contribution >= 4 is 23.7 Å². The highest BCUT2D eigenvalue weighted by atomic mass is 32.2. The molecule has 0 spiro atoms. The van der Waals surface area contributed by atoms with Crippen molar-refractivity contribution in [3.63, 3.8) is 0 Å². The van der Waals surface area contributed by atoms with Gasteiger partial charge in [0, 0.05) is 5.75 Å². The summed E-state index contributed by atoms with van der Waals surface area (Å²) in [5.74, 6) is -1.19. The van der Waals surface area contributed by atoms with Gasteiger partial charge < -0.3 is 10.2 Å². The van der Waals surface area contributed by atoms with Crippen LogP contribution in [0, 0.1) is 0 Å². The first-order chi connectivity index (χ1) is 7.59. The van der Waals surface area contributed by atoms with Gasteiger partial charge in [-0.25, -0.2) is 0 Å². The van der Waals surface area contributed by atoms with Crippen LogP contribution in [0.25, 0.3) is 0 Å². The van der Waals surface area contributed by atoms with Crippen molar-refractivity contribution in [3.05, 3.63) is 35.4 Å². The SMILES string of the molecule is O=C(O)CSCc1ccccc1CC(=O)O. The molecule has 1 rings (SSSR count). The van der Waals surface area contributed by atoms with Gasteiger partial charge in [0.2, 0.25) is 0 Å². The van der Waals surface area contributed by atoms with Crippen molar-refractivity contribution in [2.75, 3.05) is 5.75 Å². The Balaban J connectivity index is 2.63. The van der Waals surface area contributed by atoms with Crippen LogP contribution < -0.4 is 0 Å². The number of carbonyl (C=O) groups is 2. The van der Waals surface area contributed by atoms with Gasteiger partial charge in [-0.15, -0.1) is 11.8 Å². The Kier molecular flexibility index (Phi) is 4.85. The van der Waals surface area contributed by atoms with Crippen molar-refractivity contribution in [2.24, 2.45) is 0 Å². The van der Waals surface area contributed by atoms with Gasteiger partial charge >= 0.3 is 11.9 Å². The van der Waals surface area contributed by atoms with E-state index in [0.717, 1.165) is 11.1 Å². The van der Waals surface area contributed by atoms with E-state index in [9.17, 15) is 9.59 Å². The number of aliphatic carboxylic acids is 2. The van der Waals surface area contributed by atoms with Crippen LogP contribution in [0.1, 0.15) is 11.1 Å². The van der Waals surface area contributed by atoms with Crippen molar-refractivity contribution in [1.82, 2.24) is 0 Å². The largest absolute Gasteiger partial charge is 0.481 e. The van der Waals surface area contributed by atoms with Crippen LogP contribution in [0.15, 0.2) is 24.3 Å². The normalized spacial score (nSPS) is 10.0. The average Bonchev–Trinajstić information content (AvgIpc) is 2.19. The summed E-state index contributed by atoms with van der Waals surface area (Å²) in [6, 6.07) is 7.18. The third kappa shape index (κ3) is 4.35.